The van der Waals surface area contributed by atoms with Crippen LogP contribution in [0.4, 0.5) is 18.9 Å². The van der Waals surface area contributed by atoms with E-state index in [0.717, 1.165) is 6.07 Å². The highest BCUT2D eigenvalue weighted by molar-refractivity contribution is 5.98. The number of nitrogens with zero attached hydrogens (tertiary/aromatic N) is 4. The zero-order valence-corrected chi connectivity index (χ0v) is 18.3. The Hall–Kier alpha value is -2.98. The Kier molecular flexibility index (Phi) is 6.05. The molecule has 0 amide bonds. The number of aliphatic imine (C=N–C) groups is 1. The molecule has 10 heteroatoms. The highest BCUT2D eigenvalue weighted by Crippen LogP contribution is 2.34. The molecule has 0 atom stereocenters. The van der Waals surface area contributed by atoms with Crippen LogP contribution < -0.4 is 5.73 Å². The summed E-state index contributed by atoms with van der Waals surface area (Å²) < 4.78 is 40.7. The van der Waals surface area contributed by atoms with Crippen LogP contribution in [0.15, 0.2) is 41.5 Å². The van der Waals surface area contributed by atoms with Crippen LogP contribution in [0.5, 0.6) is 0 Å². The van der Waals surface area contributed by atoms with Gasteiger partial charge < -0.3 is 15.9 Å². The van der Waals surface area contributed by atoms with Crippen molar-refractivity contribution in [2.45, 2.75) is 58.0 Å². The molecule has 172 valence electrons. The van der Waals surface area contributed by atoms with E-state index in [-0.39, 0.29) is 11.5 Å². The van der Waals surface area contributed by atoms with Gasteiger partial charge in [-0.15, -0.1) is 0 Å². The number of aliphatic hydroxyl groups is 2. The van der Waals surface area contributed by atoms with E-state index in [1.54, 1.807) is 50.7 Å². The molecule has 0 aliphatic carbocycles. The van der Waals surface area contributed by atoms with Crippen molar-refractivity contribution in [3.8, 4) is 0 Å². The standard InChI is InChI=1S/C22H26F3N5O2/c1-20(2,31)8-9-30-12-13-10-17(14(21(3,4)32)11-16(13)29-30)28-19(26)15-6-5-7-18(27-15)22(23,24)25/h5-7,10-12,31-32H,8-9H2,1-4H3,(H2,26,28). The third-order valence-electron chi connectivity index (χ3n) is 4.82. The molecule has 0 bridgehead atoms. The topological polar surface area (TPSA) is 110 Å². The third kappa shape index (κ3) is 5.63. The summed E-state index contributed by atoms with van der Waals surface area (Å²) in [6.45, 7) is 7.03. The molecule has 2 heterocycles. The molecule has 7 nitrogen and oxygen atoms in total. The van der Waals surface area contributed by atoms with Crippen molar-refractivity contribution in [2.75, 3.05) is 0 Å². The summed E-state index contributed by atoms with van der Waals surface area (Å²) in [6, 6.07) is 6.73. The smallest absolute Gasteiger partial charge is 0.390 e. The second kappa shape index (κ2) is 8.18. The van der Waals surface area contributed by atoms with Gasteiger partial charge in [0.25, 0.3) is 0 Å². The lowest BCUT2D eigenvalue weighted by molar-refractivity contribution is -0.141. The van der Waals surface area contributed by atoms with E-state index in [0.29, 0.717) is 35.1 Å². The van der Waals surface area contributed by atoms with Crippen LogP contribution in [0.3, 0.4) is 0 Å². The van der Waals surface area contributed by atoms with Gasteiger partial charge in [0, 0.05) is 23.7 Å². The van der Waals surface area contributed by atoms with Gasteiger partial charge in [-0.2, -0.15) is 18.3 Å². The highest BCUT2D eigenvalue weighted by Gasteiger charge is 2.32. The maximum Gasteiger partial charge on any atom is 0.433 e. The van der Waals surface area contributed by atoms with E-state index >= 15 is 0 Å². The molecule has 32 heavy (non-hydrogen) atoms. The number of hydrogen-bond acceptors (Lipinski definition) is 5. The maximum absolute atomic E-state index is 13.0. The maximum atomic E-state index is 13.0. The van der Waals surface area contributed by atoms with E-state index in [2.05, 4.69) is 15.1 Å². The monoisotopic (exact) mass is 449 g/mol. The van der Waals surface area contributed by atoms with E-state index in [1.807, 2.05) is 0 Å². The highest BCUT2D eigenvalue weighted by atomic mass is 19.4. The summed E-state index contributed by atoms with van der Waals surface area (Å²) in [6.07, 6.45) is -2.35. The molecule has 0 saturated heterocycles. The second-order valence-corrected chi connectivity index (χ2v) is 8.84. The average Bonchev–Trinajstić information content (AvgIpc) is 3.06. The predicted molar refractivity (Wildman–Crippen MR) is 116 cm³/mol. The molecule has 4 N–H and O–H groups in total. The zero-order valence-electron chi connectivity index (χ0n) is 18.3. The summed E-state index contributed by atoms with van der Waals surface area (Å²) in [5.74, 6) is -0.213. The number of nitrogens with two attached hydrogens (primary N) is 1. The minimum absolute atomic E-state index is 0.123. The normalized spacial score (nSPS) is 13.7. The minimum Gasteiger partial charge on any atom is -0.390 e. The van der Waals surface area contributed by atoms with Crippen molar-refractivity contribution >= 4 is 22.4 Å². The summed E-state index contributed by atoms with van der Waals surface area (Å²) in [5.41, 5.74) is 3.94. The second-order valence-electron chi connectivity index (χ2n) is 8.84. The van der Waals surface area contributed by atoms with E-state index in [9.17, 15) is 23.4 Å². The van der Waals surface area contributed by atoms with Crippen LogP contribution >= 0.6 is 0 Å². The van der Waals surface area contributed by atoms with Gasteiger partial charge in [-0.3, -0.25) is 4.68 Å². The van der Waals surface area contributed by atoms with Gasteiger partial charge in [-0.25, -0.2) is 9.98 Å². The zero-order chi connectivity index (χ0) is 23.9. The van der Waals surface area contributed by atoms with Crippen LogP contribution in [0, 0.1) is 0 Å². The van der Waals surface area contributed by atoms with Crippen molar-refractivity contribution in [1.29, 1.82) is 0 Å². The van der Waals surface area contributed by atoms with Gasteiger partial charge in [0.2, 0.25) is 0 Å². The van der Waals surface area contributed by atoms with Gasteiger partial charge in [0.05, 0.1) is 22.4 Å². The third-order valence-corrected chi connectivity index (χ3v) is 4.82. The summed E-state index contributed by atoms with van der Waals surface area (Å²) >= 11 is 0. The van der Waals surface area contributed by atoms with Crippen molar-refractivity contribution in [2.24, 2.45) is 10.7 Å². The predicted octanol–water partition coefficient (Wildman–Crippen LogP) is 3.88. The fourth-order valence-corrected chi connectivity index (χ4v) is 3.12. The average molecular weight is 449 g/mol. The molecule has 2 aromatic heterocycles. The molecule has 3 rings (SSSR count). The van der Waals surface area contributed by atoms with E-state index < -0.39 is 23.1 Å². The van der Waals surface area contributed by atoms with Gasteiger partial charge in [-0.1, -0.05) is 6.07 Å². The lowest BCUT2D eigenvalue weighted by Gasteiger charge is -2.20. The van der Waals surface area contributed by atoms with Crippen molar-refractivity contribution in [1.82, 2.24) is 14.8 Å². The Balaban J connectivity index is 2.06. The fraction of sp³-hybridized carbons (Fsp3) is 0.409. The number of aromatic nitrogens is 3. The first-order valence-corrected chi connectivity index (χ1v) is 9.99. The van der Waals surface area contributed by atoms with Crippen LogP contribution in [0.2, 0.25) is 0 Å². The SMILES string of the molecule is CC(C)(O)CCn1cc2cc(N=C(N)c3cccc(C(F)(F)F)n3)c(C(C)(C)O)cc2n1. The Morgan fingerprint density at radius 3 is 2.41 bits per heavy atom. The molecule has 3 aromatic rings. The van der Waals surface area contributed by atoms with Crippen LogP contribution in [-0.4, -0.2) is 36.4 Å². The van der Waals surface area contributed by atoms with Crippen molar-refractivity contribution < 1.29 is 23.4 Å². The first-order chi connectivity index (χ1) is 14.6. The molecular formula is C22H26F3N5O2. The first-order valence-electron chi connectivity index (χ1n) is 9.99. The van der Waals surface area contributed by atoms with Crippen LogP contribution in [-0.2, 0) is 18.3 Å². The minimum atomic E-state index is -4.61. The number of aryl methyl sites for hydroxylation is 1. The Morgan fingerprint density at radius 2 is 1.81 bits per heavy atom. The number of hydrogen-bond donors (Lipinski definition) is 3. The summed E-state index contributed by atoms with van der Waals surface area (Å²) in [5, 5.41) is 25.8. The summed E-state index contributed by atoms with van der Waals surface area (Å²) in [4.78, 5) is 7.85. The summed E-state index contributed by atoms with van der Waals surface area (Å²) in [7, 11) is 0. The first kappa shape index (κ1) is 23.7. The molecule has 0 saturated carbocycles. The Labute approximate surface area is 183 Å². The van der Waals surface area contributed by atoms with Crippen LogP contribution in [0.1, 0.15) is 51.1 Å². The number of rotatable bonds is 6. The number of fused-ring (bicyclic) bond motifs is 1. The molecule has 0 aliphatic rings. The number of halogens is 3. The van der Waals surface area contributed by atoms with Crippen molar-refractivity contribution in [3.63, 3.8) is 0 Å². The Bertz CT molecular complexity index is 1160. The Morgan fingerprint density at radius 1 is 1.12 bits per heavy atom. The number of amidine groups is 1. The largest absolute Gasteiger partial charge is 0.433 e. The van der Waals surface area contributed by atoms with Crippen LogP contribution in [0.25, 0.3) is 10.9 Å². The van der Waals surface area contributed by atoms with Gasteiger partial charge >= 0.3 is 6.18 Å². The molecule has 0 aliphatic heterocycles. The molecular weight excluding hydrogens is 423 g/mol. The number of pyridine rings is 1. The molecule has 0 unspecified atom stereocenters. The molecule has 0 fully saturated rings. The van der Waals surface area contributed by atoms with Crippen molar-refractivity contribution in [3.05, 3.63) is 53.5 Å². The van der Waals surface area contributed by atoms with E-state index in [4.69, 9.17) is 5.73 Å². The van der Waals surface area contributed by atoms with Gasteiger partial charge in [0.15, 0.2) is 0 Å². The quantitative estimate of drug-likeness (QED) is 0.391. The lowest BCUT2D eigenvalue weighted by Crippen LogP contribution is -2.21. The fourth-order valence-electron chi connectivity index (χ4n) is 3.12. The molecule has 0 spiro atoms. The van der Waals surface area contributed by atoms with E-state index in [1.165, 1.54) is 12.1 Å². The number of alkyl halides is 3. The van der Waals surface area contributed by atoms with Gasteiger partial charge in [0.1, 0.15) is 17.2 Å². The molecule has 1 aromatic carbocycles. The molecule has 0 radical (unpaired) electrons. The van der Waals surface area contributed by atoms with Gasteiger partial charge in [-0.05, 0) is 58.4 Å². The lowest BCUT2D eigenvalue weighted by atomic mass is 9.95. The number of benzene rings is 1.